The largest absolute Gasteiger partial charge is 0.311 e. The Labute approximate surface area is 88.5 Å². The summed E-state index contributed by atoms with van der Waals surface area (Å²) in [6.07, 6.45) is 0.316. The Kier molecular flexibility index (Phi) is 3.89. The van der Waals surface area contributed by atoms with Gasteiger partial charge in [0.2, 0.25) is 5.91 Å². The highest BCUT2D eigenvalue weighted by atomic mass is 35.5. The van der Waals surface area contributed by atoms with Gasteiger partial charge in [0.25, 0.3) is 0 Å². The van der Waals surface area contributed by atoms with Gasteiger partial charge in [0.1, 0.15) is 5.82 Å². The summed E-state index contributed by atoms with van der Waals surface area (Å²) in [5.41, 5.74) is 1.98. The zero-order valence-corrected chi connectivity index (χ0v) is 9.06. The quantitative estimate of drug-likeness (QED) is 0.781. The first kappa shape index (κ1) is 11.0. The zero-order chi connectivity index (χ0) is 10.6. The second kappa shape index (κ2) is 4.96. The molecule has 1 rings (SSSR count). The fraction of sp³-hybridized carbons (Fsp3) is 0.400. The van der Waals surface area contributed by atoms with Gasteiger partial charge >= 0.3 is 0 Å². The Morgan fingerprint density at radius 2 is 2.21 bits per heavy atom. The SMILES string of the molecule is Cc1cc(C)nc(NC(=O)CCCl)c1. The second-order valence-corrected chi connectivity index (χ2v) is 3.54. The van der Waals surface area contributed by atoms with Crippen molar-refractivity contribution >= 4 is 23.3 Å². The number of nitrogens with zero attached hydrogens (tertiary/aromatic N) is 1. The fourth-order valence-electron chi connectivity index (χ4n) is 1.20. The third kappa shape index (κ3) is 3.34. The monoisotopic (exact) mass is 212 g/mol. The van der Waals surface area contributed by atoms with Gasteiger partial charge in [-0.25, -0.2) is 4.98 Å². The van der Waals surface area contributed by atoms with Crippen LogP contribution < -0.4 is 5.32 Å². The maximum Gasteiger partial charge on any atom is 0.226 e. The smallest absolute Gasteiger partial charge is 0.226 e. The molecule has 4 heteroatoms. The molecular weight excluding hydrogens is 200 g/mol. The van der Waals surface area contributed by atoms with Gasteiger partial charge in [-0.3, -0.25) is 4.79 Å². The molecule has 0 radical (unpaired) electrons. The van der Waals surface area contributed by atoms with Crippen LogP contribution in [-0.4, -0.2) is 16.8 Å². The van der Waals surface area contributed by atoms with E-state index in [1.807, 2.05) is 26.0 Å². The molecule has 0 aliphatic heterocycles. The van der Waals surface area contributed by atoms with Gasteiger partial charge in [-0.15, -0.1) is 11.6 Å². The van der Waals surface area contributed by atoms with E-state index in [9.17, 15) is 4.79 Å². The summed E-state index contributed by atoms with van der Waals surface area (Å²) in [6.45, 7) is 3.86. The third-order valence-corrected chi connectivity index (χ3v) is 1.88. The molecule has 0 saturated heterocycles. The van der Waals surface area contributed by atoms with Crippen LogP contribution in [0.5, 0.6) is 0 Å². The van der Waals surface area contributed by atoms with E-state index in [2.05, 4.69) is 10.3 Å². The number of carbonyl (C=O) groups excluding carboxylic acids is 1. The summed E-state index contributed by atoms with van der Waals surface area (Å²) in [5, 5.41) is 2.69. The second-order valence-electron chi connectivity index (χ2n) is 3.16. The first-order chi connectivity index (χ1) is 6.61. The van der Waals surface area contributed by atoms with E-state index in [-0.39, 0.29) is 5.91 Å². The molecule has 14 heavy (non-hydrogen) atoms. The number of carbonyl (C=O) groups is 1. The molecule has 0 saturated carbocycles. The molecule has 0 atom stereocenters. The van der Waals surface area contributed by atoms with Crippen molar-refractivity contribution in [2.45, 2.75) is 20.3 Å². The normalized spacial score (nSPS) is 9.93. The molecule has 1 N–H and O–H groups in total. The third-order valence-electron chi connectivity index (χ3n) is 1.69. The highest BCUT2D eigenvalue weighted by Crippen LogP contribution is 2.09. The lowest BCUT2D eigenvalue weighted by atomic mass is 10.2. The van der Waals surface area contributed by atoms with Crippen molar-refractivity contribution < 1.29 is 4.79 Å². The number of hydrogen-bond acceptors (Lipinski definition) is 2. The molecule has 3 nitrogen and oxygen atoms in total. The molecule has 0 aliphatic carbocycles. The number of nitrogens with one attached hydrogen (secondary N) is 1. The minimum absolute atomic E-state index is 0.0995. The number of anilines is 1. The Morgan fingerprint density at radius 1 is 1.50 bits per heavy atom. The number of aryl methyl sites for hydroxylation is 2. The fourth-order valence-corrected chi connectivity index (χ4v) is 1.37. The first-order valence-electron chi connectivity index (χ1n) is 4.43. The summed E-state index contributed by atoms with van der Waals surface area (Å²) in [7, 11) is 0. The molecule has 1 aromatic rings. The van der Waals surface area contributed by atoms with E-state index in [1.54, 1.807) is 0 Å². The van der Waals surface area contributed by atoms with E-state index < -0.39 is 0 Å². The summed E-state index contributed by atoms with van der Waals surface area (Å²) >= 11 is 5.44. The summed E-state index contributed by atoms with van der Waals surface area (Å²) < 4.78 is 0. The molecule has 1 heterocycles. The Bertz CT molecular complexity index is 319. The van der Waals surface area contributed by atoms with Crippen LogP contribution in [0.1, 0.15) is 17.7 Å². The van der Waals surface area contributed by atoms with Crippen LogP contribution in [0.2, 0.25) is 0 Å². The summed E-state index contributed by atoms with van der Waals surface area (Å²) in [6, 6.07) is 3.79. The van der Waals surface area contributed by atoms with Crippen LogP contribution in [0.4, 0.5) is 5.82 Å². The molecule has 0 aliphatic rings. The zero-order valence-electron chi connectivity index (χ0n) is 8.30. The highest BCUT2D eigenvalue weighted by Gasteiger charge is 2.02. The van der Waals surface area contributed by atoms with Crippen LogP contribution >= 0.6 is 11.6 Å². The number of halogens is 1. The van der Waals surface area contributed by atoms with Gasteiger partial charge < -0.3 is 5.32 Å². The number of alkyl halides is 1. The van der Waals surface area contributed by atoms with E-state index in [1.165, 1.54) is 0 Å². The Morgan fingerprint density at radius 3 is 2.79 bits per heavy atom. The predicted octanol–water partition coefficient (Wildman–Crippen LogP) is 2.27. The van der Waals surface area contributed by atoms with Crippen molar-refractivity contribution in [2.75, 3.05) is 11.2 Å². The lowest BCUT2D eigenvalue weighted by Crippen LogP contribution is -2.13. The lowest BCUT2D eigenvalue weighted by Gasteiger charge is -2.05. The molecular formula is C10H13ClN2O. The van der Waals surface area contributed by atoms with Gasteiger partial charge in [-0.1, -0.05) is 0 Å². The van der Waals surface area contributed by atoms with Gasteiger partial charge in [0.05, 0.1) is 0 Å². The van der Waals surface area contributed by atoms with E-state index in [4.69, 9.17) is 11.6 Å². The maximum atomic E-state index is 11.2. The number of amides is 1. The van der Waals surface area contributed by atoms with E-state index in [0.29, 0.717) is 18.1 Å². The lowest BCUT2D eigenvalue weighted by molar-refractivity contribution is -0.115. The molecule has 0 bridgehead atoms. The summed E-state index contributed by atoms with van der Waals surface area (Å²) in [5.74, 6) is 0.825. The van der Waals surface area contributed by atoms with Crippen molar-refractivity contribution in [1.82, 2.24) is 4.98 Å². The standard InChI is InChI=1S/C10H13ClN2O/c1-7-5-8(2)12-9(6-7)13-10(14)3-4-11/h5-6H,3-4H2,1-2H3,(H,12,13,14). The van der Waals surface area contributed by atoms with Crippen LogP contribution in [0.15, 0.2) is 12.1 Å². The Balaban J connectivity index is 2.71. The van der Waals surface area contributed by atoms with Gasteiger partial charge in [-0.2, -0.15) is 0 Å². The van der Waals surface area contributed by atoms with E-state index in [0.717, 1.165) is 11.3 Å². The molecule has 0 aromatic carbocycles. The highest BCUT2D eigenvalue weighted by molar-refractivity contribution is 6.19. The van der Waals surface area contributed by atoms with Crippen molar-refractivity contribution in [3.8, 4) is 0 Å². The van der Waals surface area contributed by atoms with Crippen LogP contribution in [-0.2, 0) is 4.79 Å². The number of aromatic nitrogens is 1. The van der Waals surface area contributed by atoms with Gasteiger partial charge in [0.15, 0.2) is 0 Å². The molecule has 0 unspecified atom stereocenters. The van der Waals surface area contributed by atoms with Crippen molar-refractivity contribution in [3.63, 3.8) is 0 Å². The topological polar surface area (TPSA) is 42.0 Å². The average molecular weight is 213 g/mol. The van der Waals surface area contributed by atoms with Crippen LogP contribution in [0.25, 0.3) is 0 Å². The van der Waals surface area contributed by atoms with Gasteiger partial charge in [-0.05, 0) is 31.5 Å². The molecule has 1 aromatic heterocycles. The number of rotatable bonds is 3. The average Bonchev–Trinajstić information content (AvgIpc) is 2.01. The van der Waals surface area contributed by atoms with E-state index >= 15 is 0 Å². The van der Waals surface area contributed by atoms with Crippen molar-refractivity contribution in [3.05, 3.63) is 23.4 Å². The maximum absolute atomic E-state index is 11.2. The van der Waals surface area contributed by atoms with Gasteiger partial charge in [0, 0.05) is 18.0 Å². The van der Waals surface area contributed by atoms with Crippen LogP contribution in [0, 0.1) is 13.8 Å². The minimum Gasteiger partial charge on any atom is -0.311 e. The molecule has 76 valence electrons. The molecule has 1 amide bonds. The van der Waals surface area contributed by atoms with Crippen molar-refractivity contribution in [2.24, 2.45) is 0 Å². The summed E-state index contributed by atoms with van der Waals surface area (Å²) in [4.78, 5) is 15.4. The molecule has 0 spiro atoms. The number of pyridine rings is 1. The minimum atomic E-state index is -0.0995. The Hall–Kier alpha value is -1.09. The molecule has 0 fully saturated rings. The van der Waals surface area contributed by atoms with Crippen molar-refractivity contribution in [1.29, 1.82) is 0 Å². The van der Waals surface area contributed by atoms with Crippen LogP contribution in [0.3, 0.4) is 0 Å². The number of hydrogen-bond donors (Lipinski definition) is 1. The predicted molar refractivity (Wildman–Crippen MR) is 57.7 cm³/mol. The first-order valence-corrected chi connectivity index (χ1v) is 4.96.